The van der Waals surface area contributed by atoms with Crippen LogP contribution >= 0.6 is 0 Å². The maximum absolute atomic E-state index is 12.6. The average Bonchev–Trinajstić information content (AvgIpc) is 2.97. The van der Waals surface area contributed by atoms with Crippen LogP contribution in [-0.4, -0.2) is 68.5 Å². The molecule has 5 rings (SSSR count). The number of carbonyl (C=O) groups excluding carboxylic acids is 1. The van der Waals surface area contributed by atoms with Gasteiger partial charge >= 0.3 is 0 Å². The highest BCUT2D eigenvalue weighted by molar-refractivity contribution is 6.04. The number of nitrogens with zero attached hydrogens (tertiary/aromatic N) is 7. The Labute approximate surface area is 222 Å². The lowest BCUT2D eigenvalue weighted by Gasteiger charge is -2.34. The van der Waals surface area contributed by atoms with Crippen LogP contribution in [0.3, 0.4) is 0 Å². The van der Waals surface area contributed by atoms with Crippen LogP contribution < -0.4 is 15.5 Å². The van der Waals surface area contributed by atoms with Crippen molar-refractivity contribution in [2.45, 2.75) is 19.8 Å². The number of carbonyl (C=O) groups is 1. The predicted molar refractivity (Wildman–Crippen MR) is 149 cm³/mol. The second kappa shape index (κ2) is 12.2. The van der Waals surface area contributed by atoms with Gasteiger partial charge in [-0.25, -0.2) is 4.98 Å². The van der Waals surface area contributed by atoms with Gasteiger partial charge in [0, 0.05) is 56.0 Å². The number of rotatable bonds is 9. The minimum Gasteiger partial charge on any atom is -0.338 e. The Kier molecular flexibility index (Phi) is 8.10. The maximum atomic E-state index is 12.6. The third-order valence-electron chi connectivity index (χ3n) is 6.32. The molecule has 0 aliphatic carbocycles. The molecule has 0 saturated carbocycles. The summed E-state index contributed by atoms with van der Waals surface area (Å²) in [6.07, 6.45) is 7.40. The maximum Gasteiger partial charge on any atom is 0.257 e. The molecule has 10 heteroatoms. The summed E-state index contributed by atoms with van der Waals surface area (Å²) in [5.74, 6) is 1.85. The van der Waals surface area contributed by atoms with Crippen molar-refractivity contribution in [2.75, 3.05) is 48.3 Å². The fourth-order valence-corrected chi connectivity index (χ4v) is 4.18. The number of piperazine rings is 1. The number of amides is 1. The lowest BCUT2D eigenvalue weighted by atomic mass is 10.2. The lowest BCUT2D eigenvalue weighted by molar-refractivity contribution is 0.102. The minimum absolute atomic E-state index is 0.227. The van der Waals surface area contributed by atoms with Gasteiger partial charge in [0.15, 0.2) is 5.82 Å². The smallest absolute Gasteiger partial charge is 0.257 e. The van der Waals surface area contributed by atoms with Crippen LogP contribution in [0.25, 0.3) is 11.4 Å². The molecular formula is C28H31N9O. The summed E-state index contributed by atoms with van der Waals surface area (Å²) in [4.78, 5) is 40.0. The van der Waals surface area contributed by atoms with Gasteiger partial charge < -0.3 is 15.5 Å². The van der Waals surface area contributed by atoms with Crippen LogP contribution in [0.4, 0.5) is 23.4 Å². The van der Waals surface area contributed by atoms with Gasteiger partial charge in [0.1, 0.15) is 5.82 Å². The summed E-state index contributed by atoms with van der Waals surface area (Å²) in [5, 5.41) is 6.05. The third-order valence-corrected chi connectivity index (χ3v) is 6.32. The Hall–Kier alpha value is -4.44. The van der Waals surface area contributed by atoms with Crippen LogP contribution in [0.2, 0.25) is 0 Å². The van der Waals surface area contributed by atoms with Crippen molar-refractivity contribution in [1.29, 1.82) is 0 Å². The quantitative estimate of drug-likeness (QED) is 0.342. The Morgan fingerprint density at radius 3 is 2.47 bits per heavy atom. The second-order valence-corrected chi connectivity index (χ2v) is 9.08. The Morgan fingerprint density at radius 2 is 1.76 bits per heavy atom. The molecule has 194 valence electrons. The van der Waals surface area contributed by atoms with E-state index in [0.29, 0.717) is 29.1 Å². The van der Waals surface area contributed by atoms with Gasteiger partial charge in [0.05, 0.1) is 5.56 Å². The van der Waals surface area contributed by atoms with E-state index in [-0.39, 0.29) is 5.91 Å². The standard InChI is InChI=1S/C28H31N9O/c1-2-3-14-36-15-17-37(18-16-36)28-34-25(21-8-7-13-29-19-21)33-27(35-28)32-24-12-11-22(20-30-24)26(38)31-23-9-5-4-6-10-23/h4-13,19-20H,2-3,14-18H2,1H3,(H,31,38)(H,30,32,33,34,35). The molecule has 38 heavy (non-hydrogen) atoms. The molecule has 1 aliphatic heterocycles. The monoisotopic (exact) mass is 509 g/mol. The first-order chi connectivity index (χ1) is 18.7. The molecule has 0 radical (unpaired) electrons. The Bertz CT molecular complexity index is 1330. The van der Waals surface area contributed by atoms with Gasteiger partial charge in [-0.2, -0.15) is 15.0 Å². The summed E-state index contributed by atoms with van der Waals surface area (Å²) < 4.78 is 0. The van der Waals surface area contributed by atoms with Crippen molar-refractivity contribution < 1.29 is 4.79 Å². The van der Waals surface area contributed by atoms with E-state index in [9.17, 15) is 4.79 Å². The molecule has 0 unspecified atom stereocenters. The molecule has 0 bridgehead atoms. The topological polar surface area (TPSA) is 112 Å². The van der Waals surface area contributed by atoms with E-state index >= 15 is 0 Å². The van der Waals surface area contributed by atoms with E-state index in [0.717, 1.165) is 44.0 Å². The van der Waals surface area contributed by atoms with Crippen molar-refractivity contribution in [2.24, 2.45) is 0 Å². The molecular weight excluding hydrogens is 478 g/mol. The van der Waals surface area contributed by atoms with E-state index in [1.165, 1.54) is 19.0 Å². The highest BCUT2D eigenvalue weighted by atomic mass is 16.1. The number of para-hydroxylation sites is 1. The number of hydrogen-bond donors (Lipinski definition) is 2. The first-order valence-electron chi connectivity index (χ1n) is 12.9. The molecule has 4 heterocycles. The number of nitrogens with one attached hydrogen (secondary N) is 2. The molecule has 0 atom stereocenters. The molecule has 4 aromatic rings. The summed E-state index contributed by atoms with van der Waals surface area (Å²) in [6.45, 7) is 7.00. The first kappa shape index (κ1) is 25.2. The summed E-state index contributed by atoms with van der Waals surface area (Å²) >= 11 is 0. The van der Waals surface area contributed by atoms with Crippen LogP contribution in [0, 0.1) is 0 Å². The number of pyridine rings is 2. The van der Waals surface area contributed by atoms with Gasteiger partial charge in [0.2, 0.25) is 11.9 Å². The van der Waals surface area contributed by atoms with Crippen molar-refractivity contribution >= 4 is 29.3 Å². The zero-order valence-electron chi connectivity index (χ0n) is 21.4. The molecule has 1 aliphatic rings. The van der Waals surface area contributed by atoms with Crippen molar-refractivity contribution in [3.05, 3.63) is 78.8 Å². The van der Waals surface area contributed by atoms with Crippen LogP contribution in [0.5, 0.6) is 0 Å². The van der Waals surface area contributed by atoms with Crippen LogP contribution in [0.15, 0.2) is 73.2 Å². The fraction of sp³-hybridized carbons (Fsp3) is 0.286. The summed E-state index contributed by atoms with van der Waals surface area (Å²) in [5.41, 5.74) is 1.99. The molecule has 1 fully saturated rings. The van der Waals surface area contributed by atoms with Gasteiger partial charge in [0.25, 0.3) is 5.91 Å². The molecule has 0 spiro atoms. The number of hydrogen-bond acceptors (Lipinski definition) is 9. The van der Waals surface area contributed by atoms with E-state index in [2.05, 4.69) is 42.3 Å². The largest absolute Gasteiger partial charge is 0.338 e. The van der Waals surface area contributed by atoms with Gasteiger partial charge in [-0.3, -0.25) is 14.7 Å². The SMILES string of the molecule is CCCCN1CCN(c2nc(Nc3ccc(C(=O)Nc4ccccc4)cn3)nc(-c3cccnc3)n2)CC1. The normalized spacial score (nSPS) is 13.8. The number of benzene rings is 1. The van der Waals surface area contributed by atoms with Crippen molar-refractivity contribution in [3.8, 4) is 11.4 Å². The minimum atomic E-state index is -0.227. The first-order valence-corrected chi connectivity index (χ1v) is 12.9. The molecule has 10 nitrogen and oxygen atoms in total. The van der Waals surface area contributed by atoms with Gasteiger partial charge in [-0.15, -0.1) is 0 Å². The Morgan fingerprint density at radius 1 is 0.921 bits per heavy atom. The molecule has 1 aromatic carbocycles. The molecule has 2 N–H and O–H groups in total. The number of aromatic nitrogens is 5. The zero-order valence-corrected chi connectivity index (χ0v) is 21.4. The van der Waals surface area contributed by atoms with Crippen LogP contribution in [0.1, 0.15) is 30.1 Å². The van der Waals surface area contributed by atoms with E-state index in [4.69, 9.17) is 9.97 Å². The van der Waals surface area contributed by atoms with Crippen molar-refractivity contribution in [3.63, 3.8) is 0 Å². The Balaban J connectivity index is 1.33. The van der Waals surface area contributed by atoms with E-state index < -0.39 is 0 Å². The fourth-order valence-electron chi connectivity index (χ4n) is 4.18. The molecule has 1 saturated heterocycles. The summed E-state index contributed by atoms with van der Waals surface area (Å²) in [7, 11) is 0. The predicted octanol–water partition coefficient (Wildman–Crippen LogP) is 4.25. The second-order valence-electron chi connectivity index (χ2n) is 9.08. The highest BCUT2D eigenvalue weighted by Crippen LogP contribution is 2.22. The van der Waals surface area contributed by atoms with Crippen LogP contribution in [-0.2, 0) is 0 Å². The van der Waals surface area contributed by atoms with Gasteiger partial charge in [-0.05, 0) is 49.4 Å². The lowest BCUT2D eigenvalue weighted by Crippen LogP contribution is -2.47. The third kappa shape index (κ3) is 6.46. The number of anilines is 4. The average molecular weight is 510 g/mol. The van der Waals surface area contributed by atoms with E-state index in [1.807, 2.05) is 42.5 Å². The zero-order chi connectivity index (χ0) is 26.2. The highest BCUT2D eigenvalue weighted by Gasteiger charge is 2.21. The van der Waals surface area contributed by atoms with Gasteiger partial charge in [-0.1, -0.05) is 31.5 Å². The van der Waals surface area contributed by atoms with E-state index in [1.54, 1.807) is 24.5 Å². The van der Waals surface area contributed by atoms with Crippen molar-refractivity contribution in [1.82, 2.24) is 29.8 Å². The summed E-state index contributed by atoms with van der Waals surface area (Å²) in [6, 6.07) is 16.6. The molecule has 3 aromatic heterocycles. The molecule has 1 amide bonds. The number of unbranched alkanes of at least 4 members (excludes halogenated alkanes) is 1.